The first kappa shape index (κ1) is 12.1. The van der Waals surface area contributed by atoms with E-state index in [9.17, 15) is 0 Å². The lowest BCUT2D eigenvalue weighted by molar-refractivity contribution is 0.584. The molecule has 94 valence electrons. The summed E-state index contributed by atoms with van der Waals surface area (Å²) in [6.45, 7) is 2.02. The SMILES string of the molecule is Cc1ccc(Br)cc1-c1nnc(-c2ccccc2)o1. The Bertz CT molecular complexity index is 707. The number of rotatable bonds is 2. The van der Waals surface area contributed by atoms with E-state index in [1.807, 2.05) is 55.5 Å². The maximum Gasteiger partial charge on any atom is 0.248 e. The number of halogens is 1. The third-order valence-electron chi connectivity index (χ3n) is 2.88. The molecule has 1 heterocycles. The third-order valence-corrected chi connectivity index (χ3v) is 3.37. The second-order valence-electron chi connectivity index (χ2n) is 4.24. The molecule has 0 radical (unpaired) electrons. The Hall–Kier alpha value is -1.94. The second kappa shape index (κ2) is 4.97. The Morgan fingerprint density at radius 2 is 1.68 bits per heavy atom. The molecule has 3 nitrogen and oxygen atoms in total. The van der Waals surface area contributed by atoms with E-state index in [1.54, 1.807) is 0 Å². The molecule has 0 aliphatic rings. The normalized spacial score (nSPS) is 10.6. The van der Waals surface area contributed by atoms with E-state index in [0.29, 0.717) is 11.8 Å². The van der Waals surface area contributed by atoms with Gasteiger partial charge in [0.05, 0.1) is 0 Å². The number of aryl methyl sites for hydroxylation is 1. The van der Waals surface area contributed by atoms with Gasteiger partial charge in [-0.15, -0.1) is 10.2 Å². The first-order valence-electron chi connectivity index (χ1n) is 5.89. The van der Waals surface area contributed by atoms with Gasteiger partial charge >= 0.3 is 0 Å². The fourth-order valence-electron chi connectivity index (χ4n) is 1.85. The molecule has 0 N–H and O–H groups in total. The summed E-state index contributed by atoms with van der Waals surface area (Å²) in [5, 5.41) is 8.23. The molecule has 0 bridgehead atoms. The average molecular weight is 315 g/mol. The van der Waals surface area contributed by atoms with Crippen molar-refractivity contribution in [3.8, 4) is 22.9 Å². The number of benzene rings is 2. The monoisotopic (exact) mass is 314 g/mol. The van der Waals surface area contributed by atoms with Gasteiger partial charge in [-0.1, -0.05) is 40.2 Å². The average Bonchev–Trinajstić information content (AvgIpc) is 2.92. The first-order valence-corrected chi connectivity index (χ1v) is 6.69. The topological polar surface area (TPSA) is 38.9 Å². The molecule has 2 aromatic carbocycles. The molecule has 0 saturated carbocycles. The van der Waals surface area contributed by atoms with Crippen molar-refractivity contribution in [2.75, 3.05) is 0 Å². The summed E-state index contributed by atoms with van der Waals surface area (Å²) in [5.74, 6) is 1.08. The van der Waals surface area contributed by atoms with Gasteiger partial charge in [0.15, 0.2) is 0 Å². The molecule has 0 saturated heterocycles. The standard InChI is InChI=1S/C15H11BrN2O/c1-10-7-8-12(16)9-13(10)15-18-17-14(19-15)11-5-3-2-4-6-11/h2-9H,1H3. The Morgan fingerprint density at radius 3 is 2.47 bits per heavy atom. The van der Waals surface area contributed by atoms with Crippen molar-refractivity contribution in [2.45, 2.75) is 6.92 Å². The molecule has 4 heteroatoms. The molecule has 0 fully saturated rings. The molecule has 0 amide bonds. The molecular formula is C15H11BrN2O. The molecule has 0 unspecified atom stereocenters. The van der Waals surface area contributed by atoms with Crippen LogP contribution in [0.15, 0.2) is 57.4 Å². The van der Waals surface area contributed by atoms with Crippen molar-refractivity contribution in [2.24, 2.45) is 0 Å². The van der Waals surface area contributed by atoms with Crippen LogP contribution in [0.5, 0.6) is 0 Å². The van der Waals surface area contributed by atoms with E-state index in [4.69, 9.17) is 4.42 Å². The van der Waals surface area contributed by atoms with E-state index in [1.165, 1.54) is 0 Å². The highest BCUT2D eigenvalue weighted by Gasteiger charge is 2.12. The first-order chi connectivity index (χ1) is 9.24. The number of hydrogen-bond donors (Lipinski definition) is 0. The van der Waals surface area contributed by atoms with Crippen molar-refractivity contribution in [3.05, 3.63) is 58.6 Å². The second-order valence-corrected chi connectivity index (χ2v) is 5.15. The lowest BCUT2D eigenvalue weighted by atomic mass is 10.1. The van der Waals surface area contributed by atoms with Crippen LogP contribution in [0.4, 0.5) is 0 Å². The van der Waals surface area contributed by atoms with Crippen molar-refractivity contribution in [3.63, 3.8) is 0 Å². The van der Waals surface area contributed by atoms with Gasteiger partial charge < -0.3 is 4.42 Å². The summed E-state index contributed by atoms with van der Waals surface area (Å²) in [6, 6.07) is 15.7. The maximum absolute atomic E-state index is 5.75. The van der Waals surface area contributed by atoms with Crippen LogP contribution in [0.25, 0.3) is 22.9 Å². The van der Waals surface area contributed by atoms with Gasteiger partial charge in [0.25, 0.3) is 0 Å². The Morgan fingerprint density at radius 1 is 0.947 bits per heavy atom. The van der Waals surface area contributed by atoms with Crippen molar-refractivity contribution in [1.82, 2.24) is 10.2 Å². The minimum Gasteiger partial charge on any atom is -0.416 e. The van der Waals surface area contributed by atoms with Gasteiger partial charge in [0, 0.05) is 15.6 Å². The fraction of sp³-hybridized carbons (Fsp3) is 0.0667. The summed E-state index contributed by atoms with van der Waals surface area (Å²) in [5.41, 5.74) is 2.98. The zero-order valence-electron chi connectivity index (χ0n) is 10.3. The van der Waals surface area contributed by atoms with Crippen LogP contribution in [0.2, 0.25) is 0 Å². The minimum absolute atomic E-state index is 0.537. The quantitative estimate of drug-likeness (QED) is 0.700. The smallest absolute Gasteiger partial charge is 0.248 e. The third kappa shape index (κ3) is 2.44. The van der Waals surface area contributed by atoms with E-state index < -0.39 is 0 Å². The Balaban J connectivity index is 2.04. The Kier molecular flexibility index (Phi) is 3.17. The maximum atomic E-state index is 5.75. The van der Waals surface area contributed by atoms with Crippen molar-refractivity contribution in [1.29, 1.82) is 0 Å². The number of nitrogens with zero attached hydrogens (tertiary/aromatic N) is 2. The van der Waals surface area contributed by atoms with E-state index >= 15 is 0 Å². The number of hydrogen-bond acceptors (Lipinski definition) is 3. The van der Waals surface area contributed by atoms with Gasteiger partial charge in [-0.25, -0.2) is 0 Å². The molecule has 0 aliphatic heterocycles. The summed E-state index contributed by atoms with van der Waals surface area (Å²) in [7, 11) is 0. The largest absolute Gasteiger partial charge is 0.416 e. The minimum atomic E-state index is 0.537. The molecular weight excluding hydrogens is 304 g/mol. The van der Waals surface area contributed by atoms with Crippen LogP contribution in [0.3, 0.4) is 0 Å². The summed E-state index contributed by atoms with van der Waals surface area (Å²) >= 11 is 3.46. The summed E-state index contributed by atoms with van der Waals surface area (Å²) < 4.78 is 6.74. The van der Waals surface area contributed by atoms with E-state index in [0.717, 1.165) is 21.2 Å². The van der Waals surface area contributed by atoms with Crippen LogP contribution in [0, 0.1) is 6.92 Å². The van der Waals surface area contributed by atoms with Crippen LogP contribution >= 0.6 is 15.9 Å². The van der Waals surface area contributed by atoms with E-state index in [2.05, 4.69) is 26.1 Å². The number of aromatic nitrogens is 2. The fourth-order valence-corrected chi connectivity index (χ4v) is 2.22. The molecule has 0 spiro atoms. The van der Waals surface area contributed by atoms with Crippen molar-refractivity contribution >= 4 is 15.9 Å². The lowest BCUT2D eigenvalue weighted by Gasteiger charge is -2.01. The molecule has 1 aromatic heterocycles. The van der Waals surface area contributed by atoms with Crippen LogP contribution in [-0.2, 0) is 0 Å². The predicted octanol–water partition coefficient (Wildman–Crippen LogP) is 4.47. The van der Waals surface area contributed by atoms with Gasteiger partial charge in [0.1, 0.15) is 0 Å². The van der Waals surface area contributed by atoms with Crippen LogP contribution in [-0.4, -0.2) is 10.2 Å². The molecule has 0 aliphatic carbocycles. The molecule has 3 aromatic rings. The lowest BCUT2D eigenvalue weighted by Crippen LogP contribution is -1.83. The molecule has 0 atom stereocenters. The van der Waals surface area contributed by atoms with Crippen molar-refractivity contribution < 1.29 is 4.42 Å². The highest BCUT2D eigenvalue weighted by molar-refractivity contribution is 9.10. The summed E-state index contributed by atoms with van der Waals surface area (Å²) in [6.07, 6.45) is 0. The van der Waals surface area contributed by atoms with Gasteiger partial charge in [-0.2, -0.15) is 0 Å². The molecule has 19 heavy (non-hydrogen) atoms. The zero-order valence-corrected chi connectivity index (χ0v) is 11.9. The predicted molar refractivity (Wildman–Crippen MR) is 77.6 cm³/mol. The Labute approximate surface area is 119 Å². The summed E-state index contributed by atoms with van der Waals surface area (Å²) in [4.78, 5) is 0. The van der Waals surface area contributed by atoms with Gasteiger partial charge in [0.2, 0.25) is 11.8 Å². The van der Waals surface area contributed by atoms with Gasteiger partial charge in [-0.3, -0.25) is 0 Å². The highest BCUT2D eigenvalue weighted by Crippen LogP contribution is 2.28. The van der Waals surface area contributed by atoms with Gasteiger partial charge in [-0.05, 0) is 36.8 Å². The van der Waals surface area contributed by atoms with E-state index in [-0.39, 0.29) is 0 Å². The highest BCUT2D eigenvalue weighted by atomic mass is 79.9. The van der Waals surface area contributed by atoms with Crippen LogP contribution < -0.4 is 0 Å². The molecule has 3 rings (SSSR count). The zero-order chi connectivity index (χ0) is 13.2. The van der Waals surface area contributed by atoms with Crippen LogP contribution in [0.1, 0.15) is 5.56 Å².